The first-order chi connectivity index (χ1) is 10.1. The maximum Gasteiger partial charge on any atom is 0.0977 e. The minimum Gasteiger partial charge on any atom is -0.398 e. The lowest BCUT2D eigenvalue weighted by Crippen LogP contribution is -1.91. The fourth-order valence-corrected chi connectivity index (χ4v) is 3.37. The SMILES string of the molecule is Nc1ccccc1-c1csc(Cc2ccc(Cl)cc2Cl)n1. The molecule has 0 saturated heterocycles. The highest BCUT2D eigenvalue weighted by Gasteiger charge is 2.09. The van der Waals surface area contributed by atoms with Gasteiger partial charge in [0, 0.05) is 33.1 Å². The van der Waals surface area contributed by atoms with Crippen LogP contribution < -0.4 is 5.73 Å². The number of nitrogens with two attached hydrogens (primary N) is 1. The van der Waals surface area contributed by atoms with Crippen LogP contribution in [-0.4, -0.2) is 4.98 Å². The van der Waals surface area contributed by atoms with Crippen LogP contribution in [0, 0.1) is 0 Å². The smallest absolute Gasteiger partial charge is 0.0977 e. The van der Waals surface area contributed by atoms with E-state index >= 15 is 0 Å². The summed E-state index contributed by atoms with van der Waals surface area (Å²) in [5.41, 5.74) is 9.60. The van der Waals surface area contributed by atoms with E-state index < -0.39 is 0 Å². The summed E-state index contributed by atoms with van der Waals surface area (Å²) in [7, 11) is 0. The largest absolute Gasteiger partial charge is 0.398 e. The van der Waals surface area contributed by atoms with Crippen LogP contribution in [0.5, 0.6) is 0 Å². The minimum absolute atomic E-state index is 0.639. The minimum atomic E-state index is 0.639. The molecule has 3 aromatic rings. The molecule has 0 aliphatic heterocycles. The third kappa shape index (κ3) is 3.21. The van der Waals surface area contributed by atoms with Crippen LogP contribution in [0.25, 0.3) is 11.3 Å². The van der Waals surface area contributed by atoms with Gasteiger partial charge < -0.3 is 5.73 Å². The van der Waals surface area contributed by atoms with Gasteiger partial charge in [-0.15, -0.1) is 11.3 Å². The first kappa shape index (κ1) is 14.4. The van der Waals surface area contributed by atoms with Gasteiger partial charge in [-0.25, -0.2) is 4.98 Å². The predicted octanol–water partition coefficient (Wildman–Crippen LogP) is 5.29. The average molecular weight is 335 g/mol. The molecule has 0 fully saturated rings. The van der Waals surface area contributed by atoms with Gasteiger partial charge in [-0.1, -0.05) is 47.5 Å². The first-order valence-electron chi connectivity index (χ1n) is 6.36. The van der Waals surface area contributed by atoms with Crippen LogP contribution in [0.1, 0.15) is 10.6 Å². The molecule has 2 aromatic carbocycles. The standard InChI is InChI=1S/C16H12Cl2N2S/c17-11-6-5-10(13(18)8-11)7-16-20-15(9-21-16)12-3-1-2-4-14(12)19/h1-6,8-9H,7,19H2. The fraction of sp³-hybridized carbons (Fsp3) is 0.0625. The topological polar surface area (TPSA) is 38.9 Å². The number of anilines is 1. The lowest BCUT2D eigenvalue weighted by atomic mass is 10.1. The first-order valence-corrected chi connectivity index (χ1v) is 8.00. The maximum absolute atomic E-state index is 6.20. The second kappa shape index (κ2) is 6.06. The van der Waals surface area contributed by atoms with Gasteiger partial charge in [-0.05, 0) is 23.8 Å². The van der Waals surface area contributed by atoms with E-state index in [0.717, 1.165) is 27.5 Å². The lowest BCUT2D eigenvalue weighted by Gasteiger charge is -2.03. The number of para-hydroxylation sites is 1. The average Bonchev–Trinajstić information content (AvgIpc) is 2.91. The maximum atomic E-state index is 6.20. The quantitative estimate of drug-likeness (QED) is 0.661. The third-order valence-corrected chi connectivity index (χ3v) is 4.58. The molecule has 2 N–H and O–H groups in total. The third-order valence-electron chi connectivity index (χ3n) is 3.15. The van der Waals surface area contributed by atoms with E-state index in [9.17, 15) is 0 Å². The number of hydrogen-bond acceptors (Lipinski definition) is 3. The molecule has 0 atom stereocenters. The summed E-state index contributed by atoms with van der Waals surface area (Å²) >= 11 is 13.7. The Labute approximate surface area is 137 Å². The molecule has 0 aliphatic carbocycles. The molecule has 0 aliphatic rings. The predicted molar refractivity (Wildman–Crippen MR) is 91.2 cm³/mol. The van der Waals surface area contributed by atoms with Gasteiger partial charge in [-0.3, -0.25) is 0 Å². The Morgan fingerprint density at radius 3 is 2.67 bits per heavy atom. The van der Waals surface area contributed by atoms with Gasteiger partial charge >= 0.3 is 0 Å². The molecular formula is C16H12Cl2N2S. The summed E-state index contributed by atoms with van der Waals surface area (Å²) in [6.45, 7) is 0. The Bertz CT molecular complexity index is 783. The molecule has 0 spiro atoms. The van der Waals surface area contributed by atoms with Crippen molar-refractivity contribution in [3.63, 3.8) is 0 Å². The van der Waals surface area contributed by atoms with E-state index in [0.29, 0.717) is 16.5 Å². The van der Waals surface area contributed by atoms with E-state index in [-0.39, 0.29) is 0 Å². The molecule has 106 valence electrons. The van der Waals surface area contributed by atoms with Gasteiger partial charge in [0.2, 0.25) is 0 Å². The second-order valence-corrected chi connectivity index (χ2v) is 6.41. The molecule has 0 unspecified atom stereocenters. The van der Waals surface area contributed by atoms with E-state index in [1.54, 1.807) is 17.4 Å². The van der Waals surface area contributed by atoms with Crippen molar-refractivity contribution in [2.75, 3.05) is 5.73 Å². The van der Waals surface area contributed by atoms with Crippen molar-refractivity contribution in [2.45, 2.75) is 6.42 Å². The highest BCUT2D eigenvalue weighted by atomic mass is 35.5. The fourth-order valence-electron chi connectivity index (χ4n) is 2.07. The molecule has 1 aromatic heterocycles. The van der Waals surface area contributed by atoms with E-state index in [1.165, 1.54) is 0 Å². The Morgan fingerprint density at radius 1 is 1.10 bits per heavy atom. The van der Waals surface area contributed by atoms with Crippen molar-refractivity contribution in [3.05, 3.63) is 68.5 Å². The van der Waals surface area contributed by atoms with Gasteiger partial charge in [-0.2, -0.15) is 0 Å². The normalized spacial score (nSPS) is 10.8. The molecular weight excluding hydrogens is 323 g/mol. The van der Waals surface area contributed by atoms with Crippen molar-refractivity contribution >= 4 is 40.2 Å². The molecule has 0 saturated carbocycles. The molecule has 0 amide bonds. The van der Waals surface area contributed by atoms with Crippen LogP contribution in [-0.2, 0) is 6.42 Å². The molecule has 3 rings (SSSR count). The summed E-state index contributed by atoms with van der Waals surface area (Å²) in [6.07, 6.45) is 0.688. The molecule has 5 heteroatoms. The Balaban J connectivity index is 1.87. The van der Waals surface area contributed by atoms with Gasteiger partial charge in [0.15, 0.2) is 0 Å². The van der Waals surface area contributed by atoms with Crippen molar-refractivity contribution in [3.8, 4) is 11.3 Å². The van der Waals surface area contributed by atoms with Crippen LogP contribution in [0.3, 0.4) is 0 Å². The number of thiazole rings is 1. The van der Waals surface area contributed by atoms with Crippen molar-refractivity contribution in [1.29, 1.82) is 0 Å². The molecule has 21 heavy (non-hydrogen) atoms. The highest BCUT2D eigenvalue weighted by Crippen LogP contribution is 2.29. The van der Waals surface area contributed by atoms with Crippen molar-refractivity contribution in [2.24, 2.45) is 0 Å². The van der Waals surface area contributed by atoms with E-state index in [2.05, 4.69) is 4.98 Å². The molecule has 1 heterocycles. The second-order valence-electron chi connectivity index (χ2n) is 4.63. The molecule has 0 bridgehead atoms. The number of hydrogen-bond donors (Lipinski definition) is 1. The summed E-state index contributed by atoms with van der Waals surface area (Å²) in [4.78, 5) is 4.65. The van der Waals surface area contributed by atoms with Gasteiger partial charge in [0.1, 0.15) is 0 Å². The Hall–Kier alpha value is -1.55. The van der Waals surface area contributed by atoms with Gasteiger partial charge in [0.05, 0.1) is 10.7 Å². The number of halogens is 2. The monoisotopic (exact) mass is 334 g/mol. The van der Waals surface area contributed by atoms with E-state index in [4.69, 9.17) is 28.9 Å². The number of nitrogens with zero attached hydrogens (tertiary/aromatic N) is 1. The van der Waals surface area contributed by atoms with Crippen LogP contribution in [0.2, 0.25) is 10.0 Å². The van der Waals surface area contributed by atoms with Crippen molar-refractivity contribution in [1.82, 2.24) is 4.98 Å². The Morgan fingerprint density at radius 2 is 1.90 bits per heavy atom. The zero-order valence-electron chi connectivity index (χ0n) is 11.0. The number of rotatable bonds is 3. The number of aromatic nitrogens is 1. The number of nitrogen functional groups attached to an aromatic ring is 1. The summed E-state index contributed by atoms with van der Waals surface area (Å²) in [5, 5.41) is 4.32. The summed E-state index contributed by atoms with van der Waals surface area (Å²) < 4.78 is 0. The molecule has 2 nitrogen and oxygen atoms in total. The van der Waals surface area contributed by atoms with Crippen LogP contribution in [0.15, 0.2) is 47.8 Å². The van der Waals surface area contributed by atoms with Gasteiger partial charge in [0.25, 0.3) is 0 Å². The summed E-state index contributed by atoms with van der Waals surface area (Å²) in [6, 6.07) is 13.3. The lowest BCUT2D eigenvalue weighted by molar-refractivity contribution is 1.14. The summed E-state index contributed by atoms with van der Waals surface area (Å²) in [5.74, 6) is 0. The van der Waals surface area contributed by atoms with Crippen LogP contribution >= 0.6 is 34.5 Å². The zero-order valence-corrected chi connectivity index (χ0v) is 13.3. The highest BCUT2D eigenvalue weighted by molar-refractivity contribution is 7.10. The molecule has 0 radical (unpaired) electrons. The zero-order chi connectivity index (χ0) is 14.8. The van der Waals surface area contributed by atoms with Crippen molar-refractivity contribution < 1.29 is 0 Å². The Kier molecular flexibility index (Phi) is 4.15. The number of benzene rings is 2. The van der Waals surface area contributed by atoms with Crippen LogP contribution in [0.4, 0.5) is 5.69 Å². The van der Waals surface area contributed by atoms with E-state index in [1.807, 2.05) is 41.8 Å².